The van der Waals surface area contributed by atoms with Gasteiger partial charge in [-0.15, -0.1) is 0 Å². The fraction of sp³-hybridized carbons (Fsp3) is 0.261. The first-order chi connectivity index (χ1) is 13.4. The van der Waals surface area contributed by atoms with E-state index >= 15 is 0 Å². The van der Waals surface area contributed by atoms with Crippen molar-refractivity contribution in [2.75, 3.05) is 10.6 Å². The molecule has 146 valence electrons. The van der Waals surface area contributed by atoms with Crippen LogP contribution < -0.4 is 10.6 Å². The van der Waals surface area contributed by atoms with Crippen LogP contribution in [0.25, 0.3) is 11.3 Å². The van der Waals surface area contributed by atoms with Gasteiger partial charge in [0.05, 0.1) is 6.54 Å². The fourth-order valence-electron chi connectivity index (χ4n) is 3.00. The second-order valence-corrected chi connectivity index (χ2v) is 8.22. The number of carbonyl (C=O) groups is 1. The Balaban J connectivity index is 1.63. The van der Waals surface area contributed by atoms with Gasteiger partial charge in [0.2, 0.25) is 5.91 Å². The number of anilines is 2. The van der Waals surface area contributed by atoms with Crippen LogP contribution in [-0.2, 0) is 11.3 Å². The van der Waals surface area contributed by atoms with E-state index in [1.165, 1.54) is 0 Å². The Morgan fingerprint density at radius 2 is 1.86 bits per heavy atom. The number of furan rings is 1. The largest absolute Gasteiger partial charge is 0.459 e. The summed E-state index contributed by atoms with van der Waals surface area (Å²) < 4.78 is 7.06. The minimum atomic E-state index is 0.0349. The van der Waals surface area contributed by atoms with Crippen molar-refractivity contribution in [3.8, 4) is 11.3 Å². The molecule has 3 aromatic rings. The van der Waals surface area contributed by atoms with Crippen molar-refractivity contribution in [3.05, 3.63) is 70.4 Å². The van der Waals surface area contributed by atoms with Gasteiger partial charge in [0.1, 0.15) is 11.5 Å². The van der Waals surface area contributed by atoms with Crippen molar-refractivity contribution in [2.45, 2.75) is 33.7 Å². The number of carbonyl (C=O) groups excluding carboxylic acids is 1. The average Bonchev–Trinajstić information content (AvgIpc) is 3.08. The summed E-state index contributed by atoms with van der Waals surface area (Å²) in [5.74, 6) is 2.08. The van der Waals surface area contributed by atoms with Gasteiger partial charge in [0.15, 0.2) is 0 Å². The first-order valence-electron chi connectivity index (χ1n) is 9.40. The predicted molar refractivity (Wildman–Crippen MR) is 118 cm³/mol. The molecule has 0 saturated carbocycles. The van der Waals surface area contributed by atoms with E-state index in [1.807, 2.05) is 56.3 Å². The van der Waals surface area contributed by atoms with Crippen LogP contribution >= 0.6 is 15.9 Å². The Kier molecular flexibility index (Phi) is 6.57. The second kappa shape index (κ2) is 9.11. The smallest absolute Gasteiger partial charge is 0.224 e. The van der Waals surface area contributed by atoms with Gasteiger partial charge in [-0.1, -0.05) is 35.8 Å². The molecular weight excluding hydrogens is 416 g/mol. The van der Waals surface area contributed by atoms with E-state index in [0.29, 0.717) is 18.9 Å². The Bertz CT molecular complexity index is 963. The Morgan fingerprint density at radius 1 is 1.07 bits per heavy atom. The van der Waals surface area contributed by atoms with E-state index in [0.717, 1.165) is 38.5 Å². The molecule has 1 aromatic heterocycles. The second-order valence-electron chi connectivity index (χ2n) is 7.31. The van der Waals surface area contributed by atoms with Gasteiger partial charge in [0.25, 0.3) is 0 Å². The highest BCUT2D eigenvalue weighted by Crippen LogP contribution is 2.28. The van der Waals surface area contributed by atoms with Crippen molar-refractivity contribution in [3.63, 3.8) is 0 Å². The lowest BCUT2D eigenvalue weighted by molar-refractivity contribution is -0.116. The lowest BCUT2D eigenvalue weighted by Gasteiger charge is -2.10. The molecule has 1 amide bonds. The van der Waals surface area contributed by atoms with Crippen molar-refractivity contribution < 1.29 is 9.21 Å². The standard InChI is InChI=1S/C23H25BrN2O2/c1-15(2)11-23(27)26-19-6-4-5-18(13-19)25-14-20-8-10-22(28-20)21-9-7-17(24)12-16(21)3/h4-10,12-13,15,25H,11,14H2,1-3H3,(H,26,27). The lowest BCUT2D eigenvalue weighted by atomic mass is 10.1. The maximum Gasteiger partial charge on any atom is 0.224 e. The van der Waals surface area contributed by atoms with E-state index in [4.69, 9.17) is 4.42 Å². The molecule has 0 saturated heterocycles. The van der Waals surface area contributed by atoms with E-state index in [2.05, 4.69) is 45.6 Å². The Labute approximate surface area is 174 Å². The maximum atomic E-state index is 12.0. The molecule has 4 nitrogen and oxygen atoms in total. The molecule has 0 bridgehead atoms. The van der Waals surface area contributed by atoms with Crippen LogP contribution in [0.3, 0.4) is 0 Å². The highest BCUT2D eigenvalue weighted by Gasteiger charge is 2.09. The molecular formula is C23H25BrN2O2. The zero-order chi connectivity index (χ0) is 20.1. The Morgan fingerprint density at radius 3 is 2.61 bits per heavy atom. The highest BCUT2D eigenvalue weighted by atomic mass is 79.9. The van der Waals surface area contributed by atoms with Gasteiger partial charge in [0, 0.05) is 27.8 Å². The first kappa shape index (κ1) is 20.2. The molecule has 0 aliphatic heterocycles. The number of amides is 1. The van der Waals surface area contributed by atoms with Gasteiger partial charge >= 0.3 is 0 Å². The molecule has 0 unspecified atom stereocenters. The van der Waals surface area contributed by atoms with Crippen molar-refractivity contribution in [2.24, 2.45) is 5.92 Å². The number of halogens is 1. The van der Waals surface area contributed by atoms with E-state index in [9.17, 15) is 4.79 Å². The molecule has 2 N–H and O–H groups in total. The SMILES string of the molecule is Cc1cc(Br)ccc1-c1ccc(CNc2cccc(NC(=O)CC(C)C)c2)o1. The number of rotatable bonds is 7. The molecule has 0 fully saturated rings. The van der Waals surface area contributed by atoms with Gasteiger partial charge in [-0.3, -0.25) is 4.79 Å². The number of nitrogens with one attached hydrogen (secondary N) is 2. The monoisotopic (exact) mass is 440 g/mol. The van der Waals surface area contributed by atoms with Gasteiger partial charge < -0.3 is 15.1 Å². The third-order valence-electron chi connectivity index (χ3n) is 4.32. The predicted octanol–water partition coefficient (Wildman–Crippen LogP) is 6.61. The van der Waals surface area contributed by atoms with Crippen molar-refractivity contribution in [1.29, 1.82) is 0 Å². The topological polar surface area (TPSA) is 54.3 Å². The number of hydrogen-bond acceptors (Lipinski definition) is 3. The normalized spacial score (nSPS) is 10.9. The first-order valence-corrected chi connectivity index (χ1v) is 10.2. The number of hydrogen-bond donors (Lipinski definition) is 2. The quantitative estimate of drug-likeness (QED) is 0.434. The van der Waals surface area contributed by atoms with Gasteiger partial charge in [-0.2, -0.15) is 0 Å². The minimum absolute atomic E-state index is 0.0349. The minimum Gasteiger partial charge on any atom is -0.459 e. The summed E-state index contributed by atoms with van der Waals surface area (Å²) in [5, 5.41) is 6.29. The fourth-order valence-corrected chi connectivity index (χ4v) is 3.48. The summed E-state index contributed by atoms with van der Waals surface area (Å²) in [6.07, 6.45) is 0.516. The number of benzene rings is 2. The van der Waals surface area contributed by atoms with Crippen LogP contribution in [0.4, 0.5) is 11.4 Å². The van der Waals surface area contributed by atoms with Crippen LogP contribution in [-0.4, -0.2) is 5.91 Å². The molecule has 0 aliphatic rings. The van der Waals surface area contributed by atoms with Crippen LogP contribution in [0.15, 0.2) is 63.5 Å². The summed E-state index contributed by atoms with van der Waals surface area (Å²) in [7, 11) is 0. The van der Waals surface area contributed by atoms with Crippen molar-refractivity contribution in [1.82, 2.24) is 0 Å². The van der Waals surface area contributed by atoms with E-state index in [1.54, 1.807) is 0 Å². The average molecular weight is 441 g/mol. The summed E-state index contributed by atoms with van der Waals surface area (Å²) in [6, 6.07) is 17.8. The third kappa shape index (κ3) is 5.49. The molecule has 1 heterocycles. The van der Waals surface area contributed by atoms with E-state index < -0.39 is 0 Å². The third-order valence-corrected chi connectivity index (χ3v) is 4.82. The molecule has 0 spiro atoms. The summed E-state index contributed by atoms with van der Waals surface area (Å²) in [5.41, 5.74) is 3.97. The highest BCUT2D eigenvalue weighted by molar-refractivity contribution is 9.10. The summed E-state index contributed by atoms with van der Waals surface area (Å²) in [6.45, 7) is 6.70. The molecule has 2 aromatic carbocycles. The summed E-state index contributed by atoms with van der Waals surface area (Å²) in [4.78, 5) is 12.0. The lowest BCUT2D eigenvalue weighted by Crippen LogP contribution is -2.13. The van der Waals surface area contributed by atoms with Gasteiger partial charge in [-0.25, -0.2) is 0 Å². The van der Waals surface area contributed by atoms with Crippen molar-refractivity contribution >= 4 is 33.2 Å². The van der Waals surface area contributed by atoms with Crippen LogP contribution in [0.5, 0.6) is 0 Å². The van der Waals surface area contributed by atoms with Gasteiger partial charge in [-0.05, 0) is 66.9 Å². The van der Waals surface area contributed by atoms with E-state index in [-0.39, 0.29) is 5.91 Å². The number of aryl methyl sites for hydroxylation is 1. The molecule has 0 aliphatic carbocycles. The zero-order valence-electron chi connectivity index (χ0n) is 16.4. The van der Waals surface area contributed by atoms with Crippen LogP contribution in [0.1, 0.15) is 31.6 Å². The Hall–Kier alpha value is -2.53. The maximum absolute atomic E-state index is 12.0. The summed E-state index contributed by atoms with van der Waals surface area (Å²) >= 11 is 3.49. The molecule has 0 radical (unpaired) electrons. The van der Waals surface area contributed by atoms with Crippen LogP contribution in [0, 0.1) is 12.8 Å². The molecule has 28 heavy (non-hydrogen) atoms. The molecule has 3 rings (SSSR count). The van der Waals surface area contributed by atoms with Crippen LogP contribution in [0.2, 0.25) is 0 Å². The molecule has 5 heteroatoms. The zero-order valence-corrected chi connectivity index (χ0v) is 18.0. The molecule has 0 atom stereocenters.